The topological polar surface area (TPSA) is 87.2 Å². The van der Waals surface area contributed by atoms with Gasteiger partial charge in [-0.3, -0.25) is 19.5 Å². The highest BCUT2D eigenvalue weighted by atomic mass is 16.2. The second-order valence-electron chi connectivity index (χ2n) is 6.46. The minimum Gasteiger partial charge on any atom is -0.353 e. The molecular weight excluding hydrogens is 308 g/mol. The molecule has 0 spiro atoms. The van der Waals surface area contributed by atoms with Crippen molar-refractivity contribution in [3.8, 4) is 0 Å². The number of rotatable bonds is 6. The van der Waals surface area contributed by atoms with E-state index >= 15 is 0 Å². The lowest BCUT2D eigenvalue weighted by atomic mass is 10.0. The monoisotopic (exact) mass is 332 g/mol. The van der Waals surface area contributed by atoms with Crippen molar-refractivity contribution in [2.75, 3.05) is 20.6 Å². The third-order valence-corrected chi connectivity index (χ3v) is 4.13. The van der Waals surface area contributed by atoms with Crippen LogP contribution in [0.15, 0.2) is 33.9 Å². The van der Waals surface area contributed by atoms with Crippen LogP contribution in [0.5, 0.6) is 0 Å². The number of carbonyl (C=O) groups excluding carboxylic acids is 1. The van der Waals surface area contributed by atoms with E-state index in [4.69, 9.17) is 0 Å². The molecule has 0 bridgehead atoms. The predicted octanol–water partition coefficient (Wildman–Crippen LogP) is 0.392. The maximum atomic E-state index is 12.4. The van der Waals surface area contributed by atoms with Crippen molar-refractivity contribution in [2.45, 2.75) is 26.4 Å². The summed E-state index contributed by atoms with van der Waals surface area (Å²) in [5, 5.41) is 5.92. The Labute approximate surface area is 140 Å². The average Bonchev–Trinajstić information content (AvgIpc) is 2.52. The molecule has 1 aromatic carbocycles. The Morgan fingerprint density at radius 2 is 1.83 bits per heavy atom. The Hall–Kier alpha value is -2.41. The number of nitrogens with zero attached hydrogens (tertiary/aromatic N) is 2. The summed E-state index contributed by atoms with van der Waals surface area (Å²) in [7, 11) is 3.92. The average molecular weight is 332 g/mol. The van der Waals surface area contributed by atoms with Gasteiger partial charge in [0.05, 0.1) is 10.8 Å². The zero-order valence-corrected chi connectivity index (χ0v) is 14.5. The van der Waals surface area contributed by atoms with Crippen LogP contribution in [0.4, 0.5) is 0 Å². The molecule has 0 saturated carbocycles. The van der Waals surface area contributed by atoms with Crippen LogP contribution in [-0.2, 0) is 11.3 Å². The molecule has 1 atom stereocenters. The lowest BCUT2D eigenvalue weighted by molar-refractivity contribution is -0.122. The summed E-state index contributed by atoms with van der Waals surface area (Å²) in [5.74, 6) is 0.0685. The van der Waals surface area contributed by atoms with Crippen LogP contribution in [0, 0.1) is 5.92 Å². The normalized spacial score (nSPS) is 12.8. The molecule has 24 heavy (non-hydrogen) atoms. The first-order chi connectivity index (χ1) is 11.3. The Bertz CT molecular complexity index is 828. The number of amides is 1. The van der Waals surface area contributed by atoms with E-state index in [9.17, 15) is 14.4 Å². The van der Waals surface area contributed by atoms with E-state index in [0.29, 0.717) is 23.2 Å². The van der Waals surface area contributed by atoms with Crippen LogP contribution < -0.4 is 16.4 Å². The summed E-state index contributed by atoms with van der Waals surface area (Å²) in [5.41, 5.74) is -0.764. The summed E-state index contributed by atoms with van der Waals surface area (Å²) in [6, 6.07) is 6.76. The predicted molar refractivity (Wildman–Crippen MR) is 94.2 cm³/mol. The maximum absolute atomic E-state index is 12.4. The van der Waals surface area contributed by atoms with E-state index < -0.39 is 0 Å². The number of nitrogens with one attached hydrogen (secondary N) is 2. The van der Waals surface area contributed by atoms with Gasteiger partial charge < -0.3 is 10.2 Å². The number of aromatic nitrogens is 2. The molecule has 0 saturated heterocycles. The molecule has 1 aromatic heterocycles. The zero-order chi connectivity index (χ0) is 17.9. The number of H-pyrrole nitrogens is 1. The first-order valence-corrected chi connectivity index (χ1v) is 7.96. The van der Waals surface area contributed by atoms with Gasteiger partial charge in [-0.15, -0.1) is 0 Å². The van der Waals surface area contributed by atoms with E-state index in [-0.39, 0.29) is 29.6 Å². The number of hydrogen-bond donors (Lipinski definition) is 2. The summed E-state index contributed by atoms with van der Waals surface area (Å²) >= 11 is 0. The van der Waals surface area contributed by atoms with Crippen LogP contribution in [0.3, 0.4) is 0 Å². The fourth-order valence-corrected chi connectivity index (χ4v) is 2.79. The largest absolute Gasteiger partial charge is 0.353 e. The fourth-order valence-electron chi connectivity index (χ4n) is 2.79. The van der Waals surface area contributed by atoms with Crippen molar-refractivity contribution in [2.24, 2.45) is 5.92 Å². The standard InChI is InChI=1S/C17H24N4O3/c1-11(2)14(20(3)4)9-18-15(22)10-21-17(24)13-8-6-5-7-12(13)16(23)19-21/h5-8,11,14H,9-10H2,1-4H3,(H,18,22)(H,19,23). The molecule has 2 aromatic rings. The van der Waals surface area contributed by atoms with Crippen molar-refractivity contribution >= 4 is 16.7 Å². The van der Waals surface area contributed by atoms with Crippen molar-refractivity contribution in [1.29, 1.82) is 0 Å². The Morgan fingerprint density at radius 1 is 1.21 bits per heavy atom. The van der Waals surface area contributed by atoms with Crippen molar-refractivity contribution in [1.82, 2.24) is 20.0 Å². The van der Waals surface area contributed by atoms with Crippen molar-refractivity contribution < 1.29 is 4.79 Å². The van der Waals surface area contributed by atoms with Gasteiger partial charge in [0.1, 0.15) is 6.54 Å². The minimum absolute atomic E-state index is 0.196. The number of hydrogen-bond acceptors (Lipinski definition) is 4. The van der Waals surface area contributed by atoms with E-state index in [2.05, 4.69) is 29.2 Å². The quantitative estimate of drug-likeness (QED) is 0.801. The van der Waals surface area contributed by atoms with Gasteiger partial charge >= 0.3 is 0 Å². The second kappa shape index (κ2) is 7.44. The minimum atomic E-state index is -0.383. The number of benzene rings is 1. The molecule has 1 heterocycles. The Morgan fingerprint density at radius 3 is 2.42 bits per heavy atom. The summed E-state index contributed by atoms with van der Waals surface area (Å²) in [4.78, 5) is 38.6. The van der Waals surface area contributed by atoms with Crippen LogP contribution in [0.25, 0.3) is 10.8 Å². The zero-order valence-electron chi connectivity index (χ0n) is 14.5. The Balaban J connectivity index is 2.15. The van der Waals surface area contributed by atoms with Crippen LogP contribution in [0.1, 0.15) is 13.8 Å². The van der Waals surface area contributed by atoms with Gasteiger partial charge in [0.15, 0.2) is 0 Å². The van der Waals surface area contributed by atoms with Crippen LogP contribution >= 0.6 is 0 Å². The van der Waals surface area contributed by atoms with E-state index in [0.717, 1.165) is 4.68 Å². The van der Waals surface area contributed by atoms with E-state index in [1.165, 1.54) is 0 Å². The highest BCUT2D eigenvalue weighted by molar-refractivity contribution is 5.81. The Kier molecular flexibility index (Phi) is 5.56. The molecule has 130 valence electrons. The highest BCUT2D eigenvalue weighted by Gasteiger charge is 2.17. The molecule has 0 radical (unpaired) electrons. The molecule has 2 rings (SSSR count). The molecule has 0 aliphatic carbocycles. The van der Waals surface area contributed by atoms with Crippen LogP contribution in [0.2, 0.25) is 0 Å². The molecule has 0 fully saturated rings. The van der Waals surface area contributed by atoms with Gasteiger partial charge in [0, 0.05) is 12.6 Å². The van der Waals surface area contributed by atoms with E-state index in [1.54, 1.807) is 24.3 Å². The lowest BCUT2D eigenvalue weighted by Crippen LogP contribution is -2.45. The third kappa shape index (κ3) is 3.91. The smallest absolute Gasteiger partial charge is 0.273 e. The fraction of sp³-hybridized carbons (Fsp3) is 0.471. The van der Waals surface area contributed by atoms with Crippen molar-refractivity contribution in [3.63, 3.8) is 0 Å². The molecular formula is C17H24N4O3. The molecule has 0 aliphatic heterocycles. The van der Waals surface area contributed by atoms with E-state index in [1.807, 2.05) is 14.1 Å². The van der Waals surface area contributed by atoms with Gasteiger partial charge in [0.2, 0.25) is 5.91 Å². The van der Waals surface area contributed by atoms with Crippen LogP contribution in [-0.4, -0.2) is 47.3 Å². The third-order valence-electron chi connectivity index (χ3n) is 4.13. The highest BCUT2D eigenvalue weighted by Crippen LogP contribution is 2.06. The molecule has 1 unspecified atom stereocenters. The SMILES string of the molecule is CC(C)C(CNC(=O)Cn1[nH]c(=O)c2ccccc2c1=O)N(C)C. The molecule has 7 nitrogen and oxygen atoms in total. The lowest BCUT2D eigenvalue weighted by Gasteiger charge is -2.28. The molecule has 7 heteroatoms. The number of aromatic amines is 1. The van der Waals surface area contributed by atoms with Gasteiger partial charge in [-0.05, 0) is 32.1 Å². The number of likely N-dealkylation sites (N-methyl/N-ethyl adjacent to an activating group) is 1. The summed E-state index contributed by atoms with van der Waals surface area (Å²) in [6.45, 7) is 4.44. The second-order valence-corrected chi connectivity index (χ2v) is 6.46. The summed E-state index contributed by atoms with van der Waals surface area (Å²) < 4.78 is 1.06. The van der Waals surface area contributed by atoms with Crippen molar-refractivity contribution in [3.05, 3.63) is 45.0 Å². The van der Waals surface area contributed by atoms with Gasteiger partial charge in [-0.1, -0.05) is 26.0 Å². The van der Waals surface area contributed by atoms with Gasteiger partial charge in [-0.2, -0.15) is 0 Å². The molecule has 1 amide bonds. The summed E-state index contributed by atoms with van der Waals surface area (Å²) in [6.07, 6.45) is 0. The number of carbonyl (C=O) groups is 1. The molecule has 2 N–H and O–H groups in total. The van der Waals surface area contributed by atoms with Gasteiger partial charge in [0.25, 0.3) is 11.1 Å². The molecule has 0 aliphatic rings. The number of fused-ring (bicyclic) bond motifs is 1. The first kappa shape index (κ1) is 17.9. The van der Waals surface area contributed by atoms with Gasteiger partial charge in [-0.25, -0.2) is 4.68 Å². The maximum Gasteiger partial charge on any atom is 0.273 e. The first-order valence-electron chi connectivity index (χ1n) is 7.96.